The lowest BCUT2D eigenvalue weighted by Gasteiger charge is -2.41. The van der Waals surface area contributed by atoms with Crippen molar-refractivity contribution < 1.29 is 9.50 Å². The summed E-state index contributed by atoms with van der Waals surface area (Å²) in [6.45, 7) is 4.38. The highest BCUT2D eigenvalue weighted by atomic mass is 32.1. The molecule has 0 unspecified atom stereocenters. The van der Waals surface area contributed by atoms with Crippen LogP contribution in [0.5, 0.6) is 0 Å². The van der Waals surface area contributed by atoms with Crippen LogP contribution in [0.2, 0.25) is 0 Å². The van der Waals surface area contributed by atoms with Gasteiger partial charge in [-0.2, -0.15) is 5.26 Å². The number of imidazole rings is 1. The number of aliphatic hydroxyl groups excluding tert-OH is 1. The molecule has 1 N–H and O–H groups in total. The predicted molar refractivity (Wildman–Crippen MR) is 167 cm³/mol. The largest absolute Gasteiger partial charge is 0.396 e. The van der Waals surface area contributed by atoms with Gasteiger partial charge in [-0.1, -0.05) is 18.3 Å². The van der Waals surface area contributed by atoms with Crippen molar-refractivity contribution in [2.24, 2.45) is 11.3 Å². The third kappa shape index (κ3) is 5.02. The van der Waals surface area contributed by atoms with Gasteiger partial charge in [-0.15, -0.1) is 0 Å². The number of aliphatic hydroxyl groups is 1. The number of aryl methyl sites for hydroxylation is 1. The Labute approximate surface area is 253 Å². The molecule has 5 heterocycles. The first kappa shape index (κ1) is 27.5. The summed E-state index contributed by atoms with van der Waals surface area (Å²) in [5.41, 5.74) is 5.23. The zero-order valence-electron chi connectivity index (χ0n) is 24.2. The van der Waals surface area contributed by atoms with E-state index in [0.29, 0.717) is 33.8 Å². The van der Waals surface area contributed by atoms with Gasteiger partial charge in [0.05, 0.1) is 5.69 Å². The van der Waals surface area contributed by atoms with Crippen LogP contribution < -0.4 is 9.80 Å². The molecule has 1 aliphatic carbocycles. The van der Waals surface area contributed by atoms with Gasteiger partial charge in [0.25, 0.3) is 0 Å². The van der Waals surface area contributed by atoms with E-state index in [0.717, 1.165) is 72.9 Å². The number of thiazole rings is 1. The fraction of sp³-hybridized carbons (Fsp3) is 0.333. The highest BCUT2D eigenvalue weighted by Crippen LogP contribution is 2.51. The maximum atomic E-state index is 13.5. The fourth-order valence-electron chi connectivity index (χ4n) is 6.11. The summed E-state index contributed by atoms with van der Waals surface area (Å²) in [5.74, 6) is 2.18. The summed E-state index contributed by atoms with van der Waals surface area (Å²) in [6.07, 6.45) is 8.17. The number of halogens is 1. The molecule has 1 saturated carbocycles. The number of rotatable bonds is 9. The van der Waals surface area contributed by atoms with E-state index in [9.17, 15) is 14.8 Å². The molecule has 0 radical (unpaired) electrons. The van der Waals surface area contributed by atoms with Crippen LogP contribution in [0.1, 0.15) is 36.8 Å². The van der Waals surface area contributed by atoms with Crippen LogP contribution >= 0.6 is 11.3 Å². The molecule has 0 spiro atoms. The predicted octanol–water partition coefficient (Wildman–Crippen LogP) is 6.46. The molecule has 218 valence electrons. The van der Waals surface area contributed by atoms with Gasteiger partial charge in [-0.05, 0) is 85.5 Å². The van der Waals surface area contributed by atoms with Gasteiger partial charge in [-0.25, -0.2) is 19.3 Å². The normalized spacial score (nSPS) is 15.8. The smallest absolute Gasteiger partial charge is 0.192 e. The molecule has 0 atom stereocenters. The Bertz CT molecular complexity index is 1830. The molecule has 7 rings (SSSR count). The van der Waals surface area contributed by atoms with Crippen LogP contribution in [-0.4, -0.2) is 51.2 Å². The quantitative estimate of drug-likeness (QED) is 0.210. The van der Waals surface area contributed by atoms with E-state index in [1.165, 1.54) is 23.5 Å². The molecule has 4 aromatic heterocycles. The Kier molecular flexibility index (Phi) is 6.87. The molecule has 0 bridgehead atoms. The van der Waals surface area contributed by atoms with Crippen LogP contribution in [0.4, 0.5) is 21.2 Å². The zero-order chi connectivity index (χ0) is 29.7. The summed E-state index contributed by atoms with van der Waals surface area (Å²) in [4.78, 5) is 19.2. The fourth-order valence-corrected chi connectivity index (χ4v) is 6.96. The minimum Gasteiger partial charge on any atom is -0.396 e. The number of fused-ring (bicyclic) bond motifs is 1. The van der Waals surface area contributed by atoms with Crippen LogP contribution in [0.25, 0.3) is 28.0 Å². The number of nitrogens with zero attached hydrogens (tertiary/aromatic N) is 7. The summed E-state index contributed by atoms with van der Waals surface area (Å²) in [6, 6.07) is 16.6. The van der Waals surface area contributed by atoms with Crippen LogP contribution in [-0.2, 0) is 6.42 Å². The van der Waals surface area contributed by atoms with E-state index in [-0.39, 0.29) is 11.2 Å². The number of benzene rings is 1. The molecule has 43 heavy (non-hydrogen) atoms. The van der Waals surface area contributed by atoms with Crippen molar-refractivity contribution in [1.82, 2.24) is 19.4 Å². The van der Waals surface area contributed by atoms with Gasteiger partial charge >= 0.3 is 0 Å². The Morgan fingerprint density at radius 1 is 1.07 bits per heavy atom. The van der Waals surface area contributed by atoms with Crippen molar-refractivity contribution in [2.45, 2.75) is 32.6 Å². The lowest BCUT2D eigenvalue weighted by atomic mass is 9.87. The Hall–Kier alpha value is -4.33. The van der Waals surface area contributed by atoms with Crippen LogP contribution in [0.15, 0.2) is 60.9 Å². The molecule has 10 heteroatoms. The second kappa shape index (κ2) is 10.7. The average molecular weight is 594 g/mol. The molecule has 1 saturated heterocycles. The molecule has 2 fully saturated rings. The second-order valence-corrected chi connectivity index (χ2v) is 12.7. The molecule has 0 amide bonds. The van der Waals surface area contributed by atoms with Gasteiger partial charge in [-0.3, -0.25) is 4.40 Å². The van der Waals surface area contributed by atoms with Crippen molar-refractivity contribution >= 4 is 33.8 Å². The topological polar surface area (TPSA) is 93.6 Å². The highest BCUT2D eigenvalue weighted by Gasteiger charge is 2.45. The van der Waals surface area contributed by atoms with Crippen molar-refractivity contribution in [3.63, 3.8) is 0 Å². The van der Waals surface area contributed by atoms with Crippen LogP contribution in [0.3, 0.4) is 0 Å². The van der Waals surface area contributed by atoms with E-state index < -0.39 is 0 Å². The van der Waals surface area contributed by atoms with E-state index in [1.807, 2.05) is 24.2 Å². The van der Waals surface area contributed by atoms with Crippen molar-refractivity contribution in [3.8, 4) is 28.5 Å². The van der Waals surface area contributed by atoms with Gasteiger partial charge < -0.3 is 14.9 Å². The summed E-state index contributed by atoms with van der Waals surface area (Å²) in [7, 11) is 1.94. The maximum Gasteiger partial charge on any atom is 0.192 e. The number of pyridine rings is 2. The Balaban J connectivity index is 1.15. The summed E-state index contributed by atoms with van der Waals surface area (Å²) < 4.78 is 15.6. The highest BCUT2D eigenvalue weighted by molar-refractivity contribution is 7.16. The number of anilines is 3. The number of hydrogen-bond donors (Lipinski definition) is 1. The first-order chi connectivity index (χ1) is 20.9. The third-order valence-electron chi connectivity index (χ3n) is 8.81. The molecule has 1 aliphatic heterocycles. The first-order valence-corrected chi connectivity index (χ1v) is 15.5. The maximum absolute atomic E-state index is 13.5. The Morgan fingerprint density at radius 3 is 2.47 bits per heavy atom. The first-order valence-electron chi connectivity index (χ1n) is 14.6. The van der Waals surface area contributed by atoms with Gasteiger partial charge in [0.1, 0.15) is 39.7 Å². The summed E-state index contributed by atoms with van der Waals surface area (Å²) >= 11 is 1.30. The Morgan fingerprint density at radius 2 is 1.81 bits per heavy atom. The van der Waals surface area contributed by atoms with Gasteiger partial charge in [0, 0.05) is 55.8 Å². The number of hydrogen-bond acceptors (Lipinski definition) is 8. The van der Waals surface area contributed by atoms with Crippen molar-refractivity contribution in [2.75, 3.05) is 36.5 Å². The number of nitriles is 1. The lowest BCUT2D eigenvalue weighted by molar-refractivity contribution is 0.173. The van der Waals surface area contributed by atoms with E-state index in [2.05, 4.69) is 46.7 Å². The molecule has 8 nitrogen and oxygen atoms in total. The van der Waals surface area contributed by atoms with Crippen molar-refractivity contribution in [3.05, 3.63) is 77.3 Å². The monoisotopic (exact) mass is 593 g/mol. The third-order valence-corrected chi connectivity index (χ3v) is 9.85. The van der Waals surface area contributed by atoms with Gasteiger partial charge in [0.15, 0.2) is 5.13 Å². The summed E-state index contributed by atoms with van der Waals surface area (Å²) in [5, 5.41) is 20.1. The van der Waals surface area contributed by atoms with Crippen molar-refractivity contribution in [1.29, 1.82) is 5.26 Å². The average Bonchev–Trinajstić information content (AvgIpc) is 3.50. The standard InChI is InChI=1S/C33H32FN7OS/c1-3-26-31(39(2)32-38-30(27(15-35)43-32)22-4-8-25(34)9-5-22)41-19-24(7-11-29(41)37-26)23-6-10-28(36-16-23)40-17-21(18-40)14-33(20-42)12-13-33/h4-11,16,19,21,42H,3,12-14,17-18,20H2,1-2H3. The van der Waals surface area contributed by atoms with E-state index in [4.69, 9.17) is 15.0 Å². The van der Waals surface area contributed by atoms with E-state index >= 15 is 0 Å². The SMILES string of the molecule is CCc1nc2ccc(-c3ccc(N4CC(CC5(CO)CC5)C4)nc3)cn2c1N(C)c1nc(-c2ccc(F)cc2)c(C#N)s1. The molecule has 5 aromatic rings. The molecule has 2 aliphatic rings. The lowest BCUT2D eigenvalue weighted by Crippen LogP contribution is -2.48. The minimum atomic E-state index is -0.330. The molecular formula is C33H32FN7OS. The second-order valence-electron chi connectivity index (χ2n) is 11.8. The molecular weight excluding hydrogens is 561 g/mol. The van der Waals surface area contributed by atoms with Gasteiger partial charge in [0.2, 0.25) is 0 Å². The van der Waals surface area contributed by atoms with Crippen LogP contribution in [0, 0.1) is 28.5 Å². The zero-order valence-corrected chi connectivity index (χ0v) is 25.0. The van der Waals surface area contributed by atoms with E-state index in [1.54, 1.807) is 12.1 Å². The number of aromatic nitrogens is 4. The molecule has 1 aromatic carbocycles. The minimum absolute atomic E-state index is 0.201.